The molecule has 2 saturated heterocycles. The first-order valence-electron chi connectivity index (χ1n) is 5.41. The van der Waals surface area contributed by atoms with Crippen LogP contribution in [0.25, 0.3) is 0 Å². The number of hydrogen-bond donors (Lipinski definition) is 0. The summed E-state index contributed by atoms with van der Waals surface area (Å²) in [5.41, 5.74) is 0.554. The smallest absolute Gasteiger partial charge is 0.254 e. The Labute approximate surface area is 92.8 Å². The molecule has 0 aliphatic carbocycles. The first-order valence-corrected chi connectivity index (χ1v) is 5.41. The largest absolute Gasteiger partial charge is 0.377 e. The van der Waals surface area contributed by atoms with Crippen LogP contribution in [0.2, 0.25) is 0 Å². The van der Waals surface area contributed by atoms with Crippen LogP contribution in [-0.4, -0.2) is 36.1 Å². The lowest BCUT2D eigenvalue weighted by molar-refractivity contribution is -0.104. The summed E-state index contributed by atoms with van der Waals surface area (Å²) in [5.74, 6) is -0.326. The third-order valence-corrected chi connectivity index (χ3v) is 3.28. The number of carbonyl (C=O) groups is 1. The molecule has 2 atom stereocenters. The van der Waals surface area contributed by atoms with Crippen molar-refractivity contribution in [3.8, 4) is 0 Å². The normalized spacial score (nSPS) is 27.4. The van der Waals surface area contributed by atoms with Gasteiger partial charge in [-0.2, -0.15) is 0 Å². The lowest BCUT2D eigenvalue weighted by atomic mass is 9.90. The van der Waals surface area contributed by atoms with Crippen molar-refractivity contribution in [1.29, 1.82) is 0 Å². The highest BCUT2D eigenvalue weighted by molar-refractivity contribution is 5.95. The minimum Gasteiger partial charge on any atom is -0.377 e. The minimum absolute atomic E-state index is 0.00968. The molecular formula is C12H12FNO2. The van der Waals surface area contributed by atoms with E-state index in [1.54, 1.807) is 0 Å². The fourth-order valence-corrected chi connectivity index (χ4v) is 2.41. The molecule has 0 radical (unpaired) electrons. The zero-order chi connectivity index (χ0) is 11.1. The number of hydrogen-bond acceptors (Lipinski definition) is 2. The van der Waals surface area contributed by atoms with Gasteiger partial charge in [0.1, 0.15) is 5.82 Å². The number of benzene rings is 1. The van der Waals surface area contributed by atoms with E-state index in [4.69, 9.17) is 4.74 Å². The molecule has 0 saturated carbocycles. The van der Waals surface area contributed by atoms with Gasteiger partial charge in [0.05, 0.1) is 25.3 Å². The predicted octanol–water partition coefficient (Wildman–Crippen LogP) is 1.44. The van der Waals surface area contributed by atoms with Gasteiger partial charge in [-0.25, -0.2) is 4.39 Å². The van der Waals surface area contributed by atoms with Gasteiger partial charge in [-0.1, -0.05) is 0 Å². The van der Waals surface area contributed by atoms with Gasteiger partial charge in [0.2, 0.25) is 0 Å². The van der Waals surface area contributed by atoms with E-state index in [-0.39, 0.29) is 23.8 Å². The number of nitrogens with zero attached hydrogens (tertiary/aromatic N) is 1. The Balaban J connectivity index is 1.80. The quantitative estimate of drug-likeness (QED) is 0.718. The summed E-state index contributed by atoms with van der Waals surface area (Å²) in [7, 11) is 0. The molecule has 16 heavy (non-hydrogen) atoms. The summed E-state index contributed by atoms with van der Waals surface area (Å²) in [6.07, 6.45) is 1.03. The zero-order valence-corrected chi connectivity index (χ0v) is 8.73. The van der Waals surface area contributed by atoms with Gasteiger partial charge in [-0.15, -0.1) is 0 Å². The van der Waals surface area contributed by atoms with Crippen molar-refractivity contribution in [3.63, 3.8) is 0 Å². The molecule has 0 spiro atoms. The molecule has 2 aliphatic rings. The molecule has 2 aliphatic heterocycles. The van der Waals surface area contributed by atoms with Crippen LogP contribution in [0.3, 0.4) is 0 Å². The maximum atomic E-state index is 12.7. The zero-order valence-electron chi connectivity index (χ0n) is 8.73. The van der Waals surface area contributed by atoms with Crippen LogP contribution in [0, 0.1) is 5.82 Å². The van der Waals surface area contributed by atoms with Crippen LogP contribution in [0.5, 0.6) is 0 Å². The number of morpholine rings is 1. The number of halogens is 1. The molecule has 1 aromatic carbocycles. The summed E-state index contributed by atoms with van der Waals surface area (Å²) in [4.78, 5) is 14.0. The Morgan fingerprint density at radius 1 is 1.25 bits per heavy atom. The molecule has 3 rings (SSSR count). The summed E-state index contributed by atoms with van der Waals surface area (Å²) >= 11 is 0. The van der Waals surface area contributed by atoms with Crippen LogP contribution < -0.4 is 0 Å². The van der Waals surface area contributed by atoms with Crippen molar-refractivity contribution in [3.05, 3.63) is 35.6 Å². The van der Waals surface area contributed by atoms with E-state index < -0.39 is 0 Å². The lowest BCUT2D eigenvalue weighted by Gasteiger charge is -2.52. The van der Waals surface area contributed by atoms with Gasteiger partial charge < -0.3 is 9.64 Å². The Bertz CT molecular complexity index is 404. The fourth-order valence-electron chi connectivity index (χ4n) is 2.41. The molecule has 0 aromatic heterocycles. The SMILES string of the molecule is O=C(c1ccc(F)cc1)N1C2COCC1C2. The Morgan fingerprint density at radius 2 is 1.88 bits per heavy atom. The molecule has 84 valence electrons. The van der Waals surface area contributed by atoms with Crippen LogP contribution >= 0.6 is 0 Å². The number of rotatable bonds is 1. The number of carbonyl (C=O) groups excluding carboxylic acids is 1. The highest BCUT2D eigenvalue weighted by atomic mass is 19.1. The molecule has 2 fully saturated rings. The average molecular weight is 221 g/mol. The van der Waals surface area contributed by atoms with E-state index in [1.165, 1.54) is 24.3 Å². The van der Waals surface area contributed by atoms with E-state index in [9.17, 15) is 9.18 Å². The molecule has 2 unspecified atom stereocenters. The van der Waals surface area contributed by atoms with Crippen LogP contribution in [-0.2, 0) is 4.74 Å². The monoisotopic (exact) mass is 221 g/mol. The Morgan fingerprint density at radius 3 is 2.44 bits per heavy atom. The second kappa shape index (κ2) is 3.56. The highest BCUT2D eigenvalue weighted by Gasteiger charge is 2.45. The van der Waals surface area contributed by atoms with Crippen LogP contribution in [0.15, 0.2) is 24.3 Å². The third-order valence-electron chi connectivity index (χ3n) is 3.28. The predicted molar refractivity (Wildman–Crippen MR) is 55.6 cm³/mol. The Kier molecular flexibility index (Phi) is 2.17. The number of ether oxygens (including phenoxy) is 1. The fraction of sp³-hybridized carbons (Fsp3) is 0.417. The third kappa shape index (κ3) is 1.41. The second-order valence-electron chi connectivity index (χ2n) is 4.30. The molecule has 2 bridgehead atoms. The van der Waals surface area contributed by atoms with Gasteiger partial charge in [-0.05, 0) is 30.7 Å². The lowest BCUT2D eigenvalue weighted by Crippen LogP contribution is -2.65. The highest BCUT2D eigenvalue weighted by Crippen LogP contribution is 2.32. The molecule has 4 heteroatoms. The molecule has 3 nitrogen and oxygen atoms in total. The van der Waals surface area contributed by atoms with Crippen LogP contribution in [0.4, 0.5) is 4.39 Å². The summed E-state index contributed by atoms with van der Waals surface area (Å²) in [5, 5.41) is 0. The van der Waals surface area contributed by atoms with E-state index in [0.717, 1.165) is 6.42 Å². The van der Waals surface area contributed by atoms with Gasteiger partial charge in [0.25, 0.3) is 5.91 Å². The van der Waals surface area contributed by atoms with Crippen molar-refractivity contribution >= 4 is 5.91 Å². The first kappa shape index (κ1) is 9.78. The van der Waals surface area contributed by atoms with Crippen molar-refractivity contribution in [2.24, 2.45) is 0 Å². The van der Waals surface area contributed by atoms with Crippen molar-refractivity contribution < 1.29 is 13.9 Å². The van der Waals surface area contributed by atoms with Crippen molar-refractivity contribution in [1.82, 2.24) is 4.90 Å². The summed E-state index contributed by atoms with van der Waals surface area (Å²) in [6.45, 7) is 1.26. The molecule has 1 aromatic rings. The first-order chi connectivity index (χ1) is 7.75. The average Bonchev–Trinajstić information content (AvgIpc) is 2.30. The van der Waals surface area contributed by atoms with Crippen LogP contribution in [0.1, 0.15) is 16.8 Å². The number of amides is 1. The van der Waals surface area contributed by atoms with E-state index in [2.05, 4.69) is 0 Å². The number of fused-ring (bicyclic) bond motifs is 2. The van der Waals surface area contributed by atoms with E-state index in [1.807, 2.05) is 4.90 Å². The van der Waals surface area contributed by atoms with E-state index in [0.29, 0.717) is 18.8 Å². The van der Waals surface area contributed by atoms with Gasteiger partial charge in [0.15, 0.2) is 0 Å². The summed E-state index contributed by atoms with van der Waals surface area (Å²) < 4.78 is 18.0. The molecule has 2 heterocycles. The van der Waals surface area contributed by atoms with Crippen molar-refractivity contribution in [2.75, 3.05) is 13.2 Å². The van der Waals surface area contributed by atoms with Gasteiger partial charge >= 0.3 is 0 Å². The maximum absolute atomic E-state index is 12.7. The molecule has 1 amide bonds. The van der Waals surface area contributed by atoms with Crippen molar-refractivity contribution in [2.45, 2.75) is 18.5 Å². The molecular weight excluding hydrogens is 209 g/mol. The summed E-state index contributed by atoms with van der Waals surface area (Å²) in [6, 6.07) is 6.14. The molecule has 0 N–H and O–H groups in total. The van der Waals surface area contributed by atoms with Gasteiger partial charge in [-0.3, -0.25) is 4.79 Å². The topological polar surface area (TPSA) is 29.5 Å². The second-order valence-corrected chi connectivity index (χ2v) is 4.30. The maximum Gasteiger partial charge on any atom is 0.254 e. The Hall–Kier alpha value is -1.42. The van der Waals surface area contributed by atoms with E-state index >= 15 is 0 Å². The minimum atomic E-state index is -0.316. The standard InChI is InChI=1S/C12H12FNO2/c13-9-3-1-8(2-4-9)12(15)14-10-5-11(14)7-16-6-10/h1-4,10-11H,5-7H2. The van der Waals surface area contributed by atoms with Gasteiger partial charge in [0, 0.05) is 5.56 Å².